The molecule has 3 rings (SSSR count). The molecule has 0 spiro atoms. The van der Waals surface area contributed by atoms with Crippen molar-refractivity contribution in [1.82, 2.24) is 9.97 Å². The van der Waals surface area contributed by atoms with Crippen LogP contribution in [0.2, 0.25) is 0 Å². The van der Waals surface area contributed by atoms with E-state index in [-0.39, 0.29) is 6.10 Å². The molecule has 4 heteroatoms. The molecule has 0 bridgehead atoms. The molecule has 0 atom stereocenters. The molecule has 2 fully saturated rings. The Kier molecular flexibility index (Phi) is 3.46. The number of aliphatic hydroxyl groups is 1. The van der Waals surface area contributed by atoms with E-state index in [0.29, 0.717) is 6.04 Å². The van der Waals surface area contributed by atoms with Gasteiger partial charge in [-0.3, -0.25) is 0 Å². The summed E-state index contributed by atoms with van der Waals surface area (Å²) in [6.07, 6.45) is 9.24. The van der Waals surface area contributed by atoms with E-state index in [2.05, 4.69) is 21.4 Å². The molecule has 2 N–H and O–H groups in total. The molecule has 1 aromatic heterocycles. The number of anilines is 1. The number of hydrogen-bond donors (Lipinski definition) is 2. The minimum absolute atomic E-state index is 0.0983. The first kappa shape index (κ1) is 11.9. The second-order valence-corrected chi connectivity index (χ2v) is 5.69. The largest absolute Gasteiger partial charge is 0.393 e. The Morgan fingerprint density at radius 3 is 2.61 bits per heavy atom. The van der Waals surface area contributed by atoms with Gasteiger partial charge >= 0.3 is 0 Å². The normalized spacial score (nSPS) is 28.1. The minimum atomic E-state index is -0.0983. The van der Waals surface area contributed by atoms with Gasteiger partial charge < -0.3 is 10.4 Å². The lowest BCUT2D eigenvalue weighted by molar-refractivity contribution is 0.126. The predicted molar refractivity (Wildman–Crippen MR) is 70.3 cm³/mol. The van der Waals surface area contributed by atoms with E-state index >= 15 is 0 Å². The van der Waals surface area contributed by atoms with Crippen LogP contribution in [-0.4, -0.2) is 27.2 Å². The zero-order valence-corrected chi connectivity index (χ0v) is 10.7. The summed E-state index contributed by atoms with van der Waals surface area (Å²) in [5.74, 6) is 1.81. The summed E-state index contributed by atoms with van der Waals surface area (Å²) in [4.78, 5) is 8.63. The number of aromatic nitrogens is 2. The highest BCUT2D eigenvalue weighted by atomic mass is 16.3. The molecular formula is C14H21N3O. The first-order valence-corrected chi connectivity index (χ1v) is 7.05. The maximum atomic E-state index is 9.49. The second-order valence-electron chi connectivity index (χ2n) is 5.69. The van der Waals surface area contributed by atoms with Crippen LogP contribution in [0.1, 0.15) is 44.2 Å². The standard InChI is InChI=1S/C14H21N3O/c18-13-5-3-11(4-6-13)17-14-8-12(15-9-16-14)7-10-1-2-10/h8-11,13,18H,1-7H2,(H,15,16,17). The molecule has 0 aromatic carbocycles. The van der Waals surface area contributed by atoms with Gasteiger partial charge in [-0.1, -0.05) is 0 Å². The van der Waals surface area contributed by atoms with Crippen molar-refractivity contribution >= 4 is 5.82 Å². The molecule has 2 saturated carbocycles. The third-order valence-corrected chi connectivity index (χ3v) is 3.97. The molecule has 0 saturated heterocycles. The van der Waals surface area contributed by atoms with Gasteiger partial charge in [-0.05, 0) is 50.9 Å². The monoisotopic (exact) mass is 247 g/mol. The van der Waals surface area contributed by atoms with Crippen LogP contribution in [0.25, 0.3) is 0 Å². The highest BCUT2D eigenvalue weighted by molar-refractivity contribution is 5.36. The van der Waals surface area contributed by atoms with Crippen LogP contribution in [0.4, 0.5) is 5.82 Å². The van der Waals surface area contributed by atoms with Gasteiger partial charge in [0, 0.05) is 17.8 Å². The van der Waals surface area contributed by atoms with Crippen molar-refractivity contribution in [2.24, 2.45) is 5.92 Å². The lowest BCUT2D eigenvalue weighted by Crippen LogP contribution is -2.28. The third-order valence-electron chi connectivity index (χ3n) is 3.97. The molecule has 4 nitrogen and oxygen atoms in total. The van der Waals surface area contributed by atoms with Gasteiger partial charge in [0.1, 0.15) is 12.1 Å². The first-order chi connectivity index (χ1) is 8.79. The van der Waals surface area contributed by atoms with E-state index in [4.69, 9.17) is 0 Å². The van der Waals surface area contributed by atoms with Crippen LogP contribution < -0.4 is 5.32 Å². The Labute approximate surface area is 108 Å². The van der Waals surface area contributed by atoms with Gasteiger partial charge in [-0.2, -0.15) is 0 Å². The summed E-state index contributed by atoms with van der Waals surface area (Å²) in [5, 5.41) is 13.0. The Hall–Kier alpha value is -1.16. The topological polar surface area (TPSA) is 58.0 Å². The molecular weight excluding hydrogens is 226 g/mol. The molecule has 1 aromatic rings. The zero-order chi connectivity index (χ0) is 12.4. The predicted octanol–water partition coefficient (Wildman–Crippen LogP) is 2.14. The van der Waals surface area contributed by atoms with Crippen molar-refractivity contribution in [2.75, 3.05) is 5.32 Å². The van der Waals surface area contributed by atoms with Gasteiger partial charge in [0.2, 0.25) is 0 Å². The van der Waals surface area contributed by atoms with Gasteiger partial charge in [0.15, 0.2) is 0 Å². The van der Waals surface area contributed by atoms with Crippen molar-refractivity contribution in [3.05, 3.63) is 18.1 Å². The van der Waals surface area contributed by atoms with Crippen LogP contribution in [0.5, 0.6) is 0 Å². The number of nitrogens with zero attached hydrogens (tertiary/aromatic N) is 2. The Morgan fingerprint density at radius 2 is 1.89 bits per heavy atom. The van der Waals surface area contributed by atoms with Crippen molar-refractivity contribution in [1.29, 1.82) is 0 Å². The number of nitrogens with one attached hydrogen (secondary N) is 1. The van der Waals surface area contributed by atoms with E-state index in [9.17, 15) is 5.11 Å². The summed E-state index contributed by atoms with van der Waals surface area (Å²) in [6.45, 7) is 0. The van der Waals surface area contributed by atoms with Gasteiger partial charge in [-0.15, -0.1) is 0 Å². The summed E-state index contributed by atoms with van der Waals surface area (Å²) < 4.78 is 0. The smallest absolute Gasteiger partial charge is 0.129 e. The lowest BCUT2D eigenvalue weighted by atomic mass is 9.93. The second kappa shape index (κ2) is 5.22. The highest BCUT2D eigenvalue weighted by Crippen LogP contribution is 2.32. The average Bonchev–Trinajstić information content (AvgIpc) is 3.17. The van der Waals surface area contributed by atoms with Gasteiger partial charge in [0.25, 0.3) is 0 Å². The molecule has 0 unspecified atom stereocenters. The molecule has 2 aliphatic carbocycles. The fourth-order valence-corrected chi connectivity index (χ4v) is 2.64. The number of aliphatic hydroxyl groups excluding tert-OH is 1. The maximum absolute atomic E-state index is 9.49. The van der Waals surface area contributed by atoms with Gasteiger partial charge in [-0.25, -0.2) is 9.97 Å². The van der Waals surface area contributed by atoms with Crippen molar-refractivity contribution in [3.8, 4) is 0 Å². The lowest BCUT2D eigenvalue weighted by Gasteiger charge is -2.26. The van der Waals surface area contributed by atoms with Crippen LogP contribution in [-0.2, 0) is 6.42 Å². The fourth-order valence-electron chi connectivity index (χ4n) is 2.64. The van der Waals surface area contributed by atoms with Crippen molar-refractivity contribution in [2.45, 2.75) is 57.1 Å². The highest BCUT2D eigenvalue weighted by Gasteiger charge is 2.23. The minimum Gasteiger partial charge on any atom is -0.393 e. The third kappa shape index (κ3) is 3.19. The quantitative estimate of drug-likeness (QED) is 0.856. The Balaban J connectivity index is 1.57. The van der Waals surface area contributed by atoms with E-state index in [1.807, 2.05) is 0 Å². The molecule has 1 heterocycles. The van der Waals surface area contributed by atoms with Crippen molar-refractivity contribution < 1.29 is 5.11 Å². The molecule has 18 heavy (non-hydrogen) atoms. The SMILES string of the molecule is OC1CCC(Nc2cc(CC3CC3)ncn2)CC1. The average molecular weight is 247 g/mol. The molecule has 0 aliphatic heterocycles. The number of rotatable bonds is 4. The van der Waals surface area contributed by atoms with E-state index < -0.39 is 0 Å². The summed E-state index contributed by atoms with van der Waals surface area (Å²) in [6, 6.07) is 2.54. The van der Waals surface area contributed by atoms with Crippen LogP contribution in [0.15, 0.2) is 12.4 Å². The first-order valence-electron chi connectivity index (χ1n) is 7.05. The van der Waals surface area contributed by atoms with Crippen LogP contribution in [0, 0.1) is 5.92 Å². The maximum Gasteiger partial charge on any atom is 0.129 e. The molecule has 2 aliphatic rings. The van der Waals surface area contributed by atoms with Crippen molar-refractivity contribution in [3.63, 3.8) is 0 Å². The Morgan fingerprint density at radius 1 is 1.11 bits per heavy atom. The number of hydrogen-bond acceptors (Lipinski definition) is 4. The van der Waals surface area contributed by atoms with Crippen LogP contribution in [0.3, 0.4) is 0 Å². The van der Waals surface area contributed by atoms with E-state index in [1.165, 1.54) is 12.8 Å². The molecule has 98 valence electrons. The fraction of sp³-hybridized carbons (Fsp3) is 0.714. The molecule has 0 amide bonds. The summed E-state index contributed by atoms with van der Waals surface area (Å²) in [7, 11) is 0. The zero-order valence-electron chi connectivity index (χ0n) is 10.7. The van der Waals surface area contributed by atoms with Crippen LogP contribution >= 0.6 is 0 Å². The van der Waals surface area contributed by atoms with Gasteiger partial charge in [0.05, 0.1) is 6.10 Å². The molecule has 0 radical (unpaired) electrons. The van der Waals surface area contributed by atoms with E-state index in [1.54, 1.807) is 6.33 Å². The summed E-state index contributed by atoms with van der Waals surface area (Å²) >= 11 is 0. The summed E-state index contributed by atoms with van der Waals surface area (Å²) in [5.41, 5.74) is 1.16. The Bertz CT molecular complexity index is 398. The van der Waals surface area contributed by atoms with E-state index in [0.717, 1.165) is 49.5 Å².